The first kappa shape index (κ1) is 18.2. The maximum Gasteiger partial charge on any atom is 0.307 e. The van der Waals surface area contributed by atoms with Crippen LogP contribution in [0, 0.1) is 11.3 Å². The third-order valence-corrected chi connectivity index (χ3v) is 4.32. The molecular weight excluding hydrogens is 306 g/mol. The lowest BCUT2D eigenvalue weighted by Crippen LogP contribution is -2.36. The van der Waals surface area contributed by atoms with Gasteiger partial charge in [-0.25, -0.2) is 0 Å². The number of hydrogen-bond donors (Lipinski definition) is 1. The second-order valence-electron chi connectivity index (χ2n) is 7.02. The minimum absolute atomic E-state index is 0.101. The molecule has 0 atom stereocenters. The molecule has 1 aromatic rings. The SMILES string of the molecule is CCOC(=O)CCNC(=O)c1ccc(C(=O)C2CC(C)(C)C2)cc1. The molecule has 2 rings (SSSR count). The first-order valence-corrected chi connectivity index (χ1v) is 8.40. The van der Waals surface area contributed by atoms with Crippen LogP contribution in [0.1, 0.15) is 60.7 Å². The summed E-state index contributed by atoms with van der Waals surface area (Å²) in [4.78, 5) is 35.6. The summed E-state index contributed by atoms with van der Waals surface area (Å²) in [5, 5.41) is 2.67. The monoisotopic (exact) mass is 331 g/mol. The van der Waals surface area contributed by atoms with Gasteiger partial charge in [0.05, 0.1) is 13.0 Å². The summed E-state index contributed by atoms with van der Waals surface area (Å²) in [6.45, 7) is 6.64. The number of nitrogens with one attached hydrogen (secondary N) is 1. The van der Waals surface area contributed by atoms with Crippen molar-refractivity contribution in [1.82, 2.24) is 5.32 Å². The third kappa shape index (κ3) is 4.66. The first-order chi connectivity index (χ1) is 11.3. The fourth-order valence-corrected chi connectivity index (χ4v) is 3.09. The van der Waals surface area contributed by atoms with E-state index in [1.54, 1.807) is 31.2 Å². The summed E-state index contributed by atoms with van der Waals surface area (Å²) in [5.74, 6) is -0.335. The minimum atomic E-state index is -0.331. The van der Waals surface area contributed by atoms with Gasteiger partial charge in [-0.2, -0.15) is 0 Å². The molecule has 24 heavy (non-hydrogen) atoms. The lowest BCUT2D eigenvalue weighted by Gasteiger charge is -2.41. The molecule has 1 saturated carbocycles. The Bertz CT molecular complexity index is 611. The number of hydrogen-bond acceptors (Lipinski definition) is 4. The molecule has 1 fully saturated rings. The zero-order valence-corrected chi connectivity index (χ0v) is 14.6. The van der Waals surface area contributed by atoms with E-state index < -0.39 is 0 Å². The molecule has 0 heterocycles. The van der Waals surface area contributed by atoms with Crippen molar-refractivity contribution in [2.45, 2.75) is 40.0 Å². The third-order valence-electron chi connectivity index (χ3n) is 4.32. The van der Waals surface area contributed by atoms with Crippen LogP contribution in [0.5, 0.6) is 0 Å². The Kier molecular flexibility index (Phi) is 5.75. The van der Waals surface area contributed by atoms with Crippen LogP contribution in [0.4, 0.5) is 0 Å². The highest BCUT2D eigenvalue weighted by Crippen LogP contribution is 2.46. The van der Waals surface area contributed by atoms with Crippen molar-refractivity contribution >= 4 is 17.7 Å². The van der Waals surface area contributed by atoms with Gasteiger partial charge >= 0.3 is 5.97 Å². The van der Waals surface area contributed by atoms with Crippen molar-refractivity contribution in [3.63, 3.8) is 0 Å². The van der Waals surface area contributed by atoms with Crippen molar-refractivity contribution < 1.29 is 19.1 Å². The van der Waals surface area contributed by atoms with E-state index in [1.165, 1.54) is 0 Å². The smallest absolute Gasteiger partial charge is 0.307 e. The van der Waals surface area contributed by atoms with E-state index in [4.69, 9.17) is 4.74 Å². The molecule has 0 radical (unpaired) electrons. The van der Waals surface area contributed by atoms with Crippen molar-refractivity contribution in [3.05, 3.63) is 35.4 Å². The van der Waals surface area contributed by atoms with E-state index in [0.717, 1.165) is 12.8 Å². The van der Waals surface area contributed by atoms with Gasteiger partial charge in [0.15, 0.2) is 5.78 Å². The van der Waals surface area contributed by atoms with Gasteiger partial charge in [0.1, 0.15) is 0 Å². The van der Waals surface area contributed by atoms with Gasteiger partial charge < -0.3 is 10.1 Å². The largest absolute Gasteiger partial charge is 0.466 e. The van der Waals surface area contributed by atoms with E-state index in [9.17, 15) is 14.4 Å². The quantitative estimate of drug-likeness (QED) is 0.616. The molecule has 0 aromatic heterocycles. The van der Waals surface area contributed by atoms with Crippen LogP contribution in [-0.4, -0.2) is 30.8 Å². The Morgan fingerprint density at radius 3 is 2.25 bits per heavy atom. The van der Waals surface area contributed by atoms with Crippen molar-refractivity contribution in [2.75, 3.05) is 13.2 Å². The molecule has 0 spiro atoms. The molecule has 0 saturated heterocycles. The molecule has 130 valence electrons. The van der Waals surface area contributed by atoms with Gasteiger partial charge in [-0.15, -0.1) is 0 Å². The van der Waals surface area contributed by atoms with Crippen LogP contribution in [0.15, 0.2) is 24.3 Å². The van der Waals surface area contributed by atoms with Crippen LogP contribution in [-0.2, 0) is 9.53 Å². The summed E-state index contributed by atoms with van der Waals surface area (Å²) in [5.41, 5.74) is 1.39. The summed E-state index contributed by atoms with van der Waals surface area (Å²) in [6.07, 6.45) is 1.98. The Morgan fingerprint density at radius 1 is 1.12 bits per heavy atom. The second-order valence-corrected chi connectivity index (χ2v) is 7.02. The average molecular weight is 331 g/mol. The molecule has 0 aliphatic heterocycles. The molecule has 1 N–H and O–H groups in total. The van der Waals surface area contributed by atoms with Crippen LogP contribution in [0.3, 0.4) is 0 Å². The lowest BCUT2D eigenvalue weighted by atomic mass is 9.62. The maximum absolute atomic E-state index is 12.4. The van der Waals surface area contributed by atoms with E-state index >= 15 is 0 Å². The van der Waals surface area contributed by atoms with Gasteiger partial charge in [-0.1, -0.05) is 26.0 Å². The number of rotatable bonds is 7. The molecule has 5 heteroatoms. The summed E-state index contributed by atoms with van der Waals surface area (Å²) >= 11 is 0. The number of carbonyl (C=O) groups is 3. The van der Waals surface area contributed by atoms with E-state index in [-0.39, 0.29) is 42.0 Å². The first-order valence-electron chi connectivity index (χ1n) is 8.40. The number of benzene rings is 1. The van der Waals surface area contributed by atoms with Gasteiger partial charge in [-0.3, -0.25) is 14.4 Å². The van der Waals surface area contributed by atoms with Crippen LogP contribution >= 0.6 is 0 Å². The Morgan fingerprint density at radius 2 is 1.71 bits per heavy atom. The Labute approximate surface area is 142 Å². The lowest BCUT2D eigenvalue weighted by molar-refractivity contribution is -0.142. The van der Waals surface area contributed by atoms with E-state index in [2.05, 4.69) is 19.2 Å². The fourth-order valence-electron chi connectivity index (χ4n) is 3.09. The van der Waals surface area contributed by atoms with Gasteiger partial charge in [0.2, 0.25) is 0 Å². The molecule has 1 aliphatic carbocycles. The molecule has 1 aliphatic rings. The predicted molar refractivity (Wildman–Crippen MR) is 90.9 cm³/mol. The topological polar surface area (TPSA) is 72.5 Å². The molecule has 1 aromatic carbocycles. The maximum atomic E-state index is 12.4. The number of Topliss-reactive ketones (excluding diaryl/α,β-unsaturated/α-hetero) is 1. The highest BCUT2D eigenvalue weighted by atomic mass is 16.5. The highest BCUT2D eigenvalue weighted by molar-refractivity contribution is 6.00. The number of ketones is 1. The van der Waals surface area contributed by atoms with Crippen LogP contribution in [0.25, 0.3) is 0 Å². The number of ether oxygens (including phenoxy) is 1. The average Bonchev–Trinajstić information content (AvgIpc) is 2.52. The molecule has 0 unspecified atom stereocenters. The second kappa shape index (κ2) is 7.60. The van der Waals surface area contributed by atoms with Crippen molar-refractivity contribution in [1.29, 1.82) is 0 Å². The Balaban J connectivity index is 1.84. The number of esters is 1. The fraction of sp³-hybridized carbons (Fsp3) is 0.526. The molecule has 1 amide bonds. The number of carbonyl (C=O) groups excluding carboxylic acids is 3. The number of amides is 1. The summed E-state index contributed by atoms with van der Waals surface area (Å²) in [6, 6.07) is 6.70. The van der Waals surface area contributed by atoms with Gasteiger partial charge in [-0.05, 0) is 37.3 Å². The van der Waals surface area contributed by atoms with E-state index in [1.807, 2.05) is 0 Å². The molecule has 0 bridgehead atoms. The highest BCUT2D eigenvalue weighted by Gasteiger charge is 2.40. The van der Waals surface area contributed by atoms with Crippen LogP contribution < -0.4 is 5.32 Å². The van der Waals surface area contributed by atoms with Crippen LogP contribution in [0.2, 0.25) is 0 Å². The Hall–Kier alpha value is -2.17. The summed E-state index contributed by atoms with van der Waals surface area (Å²) < 4.78 is 4.80. The normalized spacial score (nSPS) is 16.1. The summed E-state index contributed by atoms with van der Waals surface area (Å²) in [7, 11) is 0. The zero-order valence-electron chi connectivity index (χ0n) is 14.6. The molecule has 5 nitrogen and oxygen atoms in total. The van der Waals surface area contributed by atoms with Gasteiger partial charge in [0, 0.05) is 23.6 Å². The van der Waals surface area contributed by atoms with Crippen molar-refractivity contribution in [2.24, 2.45) is 11.3 Å². The predicted octanol–water partition coefficient (Wildman–Crippen LogP) is 2.99. The van der Waals surface area contributed by atoms with Crippen molar-refractivity contribution in [3.8, 4) is 0 Å². The standard InChI is InChI=1S/C19H25NO4/c1-4-24-16(21)9-10-20-18(23)14-7-5-13(6-8-14)17(22)15-11-19(2,3)12-15/h5-8,15H,4,9-12H2,1-3H3,(H,20,23). The zero-order chi connectivity index (χ0) is 17.7. The molecular formula is C19H25NO4. The minimum Gasteiger partial charge on any atom is -0.466 e. The van der Waals surface area contributed by atoms with E-state index in [0.29, 0.717) is 17.7 Å². The van der Waals surface area contributed by atoms with Gasteiger partial charge in [0.25, 0.3) is 5.91 Å².